The summed E-state index contributed by atoms with van der Waals surface area (Å²) in [6, 6.07) is 5.33. The van der Waals surface area contributed by atoms with Gasteiger partial charge in [0.15, 0.2) is 11.5 Å². The molecule has 0 aliphatic heterocycles. The van der Waals surface area contributed by atoms with Gasteiger partial charge in [-0.25, -0.2) is 9.97 Å². The number of hydrogen-bond donors (Lipinski definition) is 0. The van der Waals surface area contributed by atoms with Crippen LogP contribution >= 0.6 is 22.9 Å². The van der Waals surface area contributed by atoms with Crippen molar-refractivity contribution in [2.24, 2.45) is 0 Å². The Morgan fingerprint density at radius 1 is 1.10 bits per heavy atom. The van der Waals surface area contributed by atoms with Crippen molar-refractivity contribution >= 4 is 33.8 Å². The van der Waals surface area contributed by atoms with Gasteiger partial charge < -0.3 is 14.2 Å². The second-order valence-corrected chi connectivity index (χ2v) is 5.35. The van der Waals surface area contributed by atoms with Crippen LogP contribution in [0.4, 0.5) is 0 Å². The van der Waals surface area contributed by atoms with Crippen LogP contribution in [0.5, 0.6) is 22.4 Å². The minimum atomic E-state index is 0.422. The van der Waals surface area contributed by atoms with Crippen LogP contribution in [-0.2, 0) is 0 Å². The zero-order chi connectivity index (χ0) is 14.8. The van der Waals surface area contributed by atoms with Gasteiger partial charge in [0, 0.05) is 6.07 Å². The molecule has 5 nitrogen and oxygen atoms in total. The summed E-state index contributed by atoms with van der Waals surface area (Å²) in [6.45, 7) is 0. The number of hydrogen-bond acceptors (Lipinski definition) is 6. The molecular formula is C14H11ClN2O3S. The van der Waals surface area contributed by atoms with E-state index in [1.165, 1.54) is 17.7 Å². The van der Waals surface area contributed by atoms with Crippen LogP contribution in [0.1, 0.15) is 0 Å². The summed E-state index contributed by atoms with van der Waals surface area (Å²) in [5.41, 5.74) is 0.699. The van der Waals surface area contributed by atoms with E-state index in [0.717, 1.165) is 5.39 Å². The lowest BCUT2D eigenvalue weighted by Crippen LogP contribution is -1.94. The molecule has 0 atom stereocenters. The number of thiophene rings is 1. The molecular weight excluding hydrogens is 312 g/mol. The van der Waals surface area contributed by atoms with Crippen molar-refractivity contribution in [2.75, 3.05) is 14.2 Å². The quantitative estimate of drug-likeness (QED) is 0.722. The third-order valence-corrected chi connectivity index (χ3v) is 4.08. The number of fused-ring (bicyclic) bond motifs is 1. The number of methoxy groups -OCH3 is 2. The summed E-state index contributed by atoms with van der Waals surface area (Å²) in [4.78, 5) is 8.39. The van der Waals surface area contributed by atoms with E-state index in [4.69, 9.17) is 25.8 Å². The Kier molecular flexibility index (Phi) is 3.81. The Bertz CT molecular complexity index is 791. The average molecular weight is 323 g/mol. The Morgan fingerprint density at radius 3 is 2.52 bits per heavy atom. The number of nitrogens with zero attached hydrogens (tertiary/aromatic N) is 2. The normalized spacial score (nSPS) is 10.6. The largest absolute Gasteiger partial charge is 0.493 e. The SMILES string of the molecule is COc1cc2ncnc(Oc3sccc3Cl)c2cc1OC. The first-order valence-electron chi connectivity index (χ1n) is 6.00. The maximum absolute atomic E-state index is 6.04. The summed E-state index contributed by atoms with van der Waals surface area (Å²) in [6.07, 6.45) is 1.44. The van der Waals surface area contributed by atoms with Crippen LogP contribution in [0.15, 0.2) is 29.9 Å². The Hall–Kier alpha value is -2.05. The second-order valence-electron chi connectivity index (χ2n) is 4.06. The van der Waals surface area contributed by atoms with E-state index in [2.05, 4.69) is 9.97 Å². The van der Waals surface area contributed by atoms with Crippen molar-refractivity contribution in [1.29, 1.82) is 0 Å². The van der Waals surface area contributed by atoms with Gasteiger partial charge >= 0.3 is 0 Å². The Balaban J connectivity index is 2.12. The molecule has 108 valence electrons. The fourth-order valence-electron chi connectivity index (χ4n) is 1.88. The number of ether oxygens (including phenoxy) is 3. The van der Waals surface area contributed by atoms with E-state index in [1.807, 2.05) is 5.38 Å². The van der Waals surface area contributed by atoms with Crippen LogP contribution < -0.4 is 14.2 Å². The molecule has 0 radical (unpaired) electrons. The molecule has 0 amide bonds. The fraction of sp³-hybridized carbons (Fsp3) is 0.143. The van der Waals surface area contributed by atoms with Crippen LogP contribution in [-0.4, -0.2) is 24.2 Å². The van der Waals surface area contributed by atoms with Gasteiger partial charge in [0.1, 0.15) is 6.33 Å². The molecule has 0 aliphatic rings. The summed E-state index contributed by atoms with van der Waals surface area (Å²) in [5.74, 6) is 1.61. The third-order valence-electron chi connectivity index (χ3n) is 2.88. The molecule has 0 saturated carbocycles. The molecule has 0 spiro atoms. The highest BCUT2D eigenvalue weighted by atomic mass is 35.5. The Labute approximate surface area is 130 Å². The highest BCUT2D eigenvalue weighted by Gasteiger charge is 2.13. The average Bonchev–Trinajstić information content (AvgIpc) is 2.91. The number of halogens is 1. The van der Waals surface area contributed by atoms with Crippen molar-refractivity contribution in [3.05, 3.63) is 34.9 Å². The highest BCUT2D eigenvalue weighted by molar-refractivity contribution is 7.12. The van der Waals surface area contributed by atoms with Crippen molar-refractivity contribution in [3.8, 4) is 22.4 Å². The van der Waals surface area contributed by atoms with Gasteiger partial charge in [0.25, 0.3) is 0 Å². The lowest BCUT2D eigenvalue weighted by atomic mass is 10.2. The van der Waals surface area contributed by atoms with Crippen LogP contribution in [0.3, 0.4) is 0 Å². The van der Waals surface area contributed by atoms with Gasteiger partial charge in [0.05, 0.1) is 30.1 Å². The van der Waals surface area contributed by atoms with Crippen LogP contribution in [0, 0.1) is 0 Å². The molecule has 1 aromatic carbocycles. The summed E-state index contributed by atoms with van der Waals surface area (Å²) in [7, 11) is 3.15. The lowest BCUT2D eigenvalue weighted by Gasteiger charge is -2.10. The van der Waals surface area contributed by atoms with Gasteiger partial charge in [-0.1, -0.05) is 11.6 Å². The first-order valence-corrected chi connectivity index (χ1v) is 7.26. The molecule has 0 bridgehead atoms. The molecule has 3 aromatic rings. The van der Waals surface area contributed by atoms with Crippen molar-refractivity contribution < 1.29 is 14.2 Å². The number of rotatable bonds is 4. The molecule has 3 rings (SSSR count). The third kappa shape index (κ3) is 2.59. The van der Waals surface area contributed by atoms with Crippen molar-refractivity contribution in [1.82, 2.24) is 9.97 Å². The van der Waals surface area contributed by atoms with Gasteiger partial charge in [-0.2, -0.15) is 0 Å². The van der Waals surface area contributed by atoms with E-state index in [1.54, 1.807) is 32.4 Å². The minimum Gasteiger partial charge on any atom is -0.493 e. The number of aromatic nitrogens is 2. The fourth-order valence-corrected chi connectivity index (χ4v) is 2.83. The predicted molar refractivity (Wildman–Crippen MR) is 82.0 cm³/mol. The van der Waals surface area contributed by atoms with Crippen LogP contribution in [0.2, 0.25) is 5.02 Å². The maximum Gasteiger partial charge on any atom is 0.231 e. The number of benzene rings is 1. The highest BCUT2D eigenvalue weighted by Crippen LogP contribution is 2.39. The molecule has 0 saturated heterocycles. The van der Waals surface area contributed by atoms with Gasteiger partial charge in [-0.15, -0.1) is 11.3 Å². The molecule has 0 fully saturated rings. The molecule has 21 heavy (non-hydrogen) atoms. The smallest absolute Gasteiger partial charge is 0.231 e. The standard InChI is InChI=1S/C14H11ClN2O3S/c1-18-11-5-8-10(6-12(11)19-2)16-7-17-13(8)20-14-9(15)3-4-21-14/h3-7H,1-2H3. The maximum atomic E-state index is 6.04. The van der Waals surface area contributed by atoms with Gasteiger partial charge in [0.2, 0.25) is 10.9 Å². The first-order chi connectivity index (χ1) is 10.2. The topological polar surface area (TPSA) is 53.5 Å². The van der Waals surface area contributed by atoms with Crippen LogP contribution in [0.25, 0.3) is 10.9 Å². The zero-order valence-corrected chi connectivity index (χ0v) is 12.9. The molecule has 0 aliphatic carbocycles. The van der Waals surface area contributed by atoms with E-state index < -0.39 is 0 Å². The first kappa shape index (κ1) is 13.9. The van der Waals surface area contributed by atoms with E-state index in [-0.39, 0.29) is 0 Å². The Morgan fingerprint density at radius 2 is 1.86 bits per heavy atom. The van der Waals surface area contributed by atoms with E-state index >= 15 is 0 Å². The molecule has 0 unspecified atom stereocenters. The molecule has 0 N–H and O–H groups in total. The summed E-state index contributed by atoms with van der Waals surface area (Å²) in [5, 5.41) is 3.71. The summed E-state index contributed by atoms with van der Waals surface area (Å²) < 4.78 is 16.3. The monoisotopic (exact) mass is 322 g/mol. The molecule has 2 aromatic heterocycles. The van der Waals surface area contributed by atoms with E-state index in [9.17, 15) is 0 Å². The summed E-state index contributed by atoms with van der Waals surface area (Å²) >= 11 is 7.44. The zero-order valence-electron chi connectivity index (χ0n) is 11.3. The lowest BCUT2D eigenvalue weighted by molar-refractivity contribution is 0.355. The molecule has 7 heteroatoms. The second kappa shape index (κ2) is 5.75. The van der Waals surface area contributed by atoms with Gasteiger partial charge in [-0.3, -0.25) is 0 Å². The van der Waals surface area contributed by atoms with Crippen molar-refractivity contribution in [2.45, 2.75) is 0 Å². The van der Waals surface area contributed by atoms with E-state index in [0.29, 0.717) is 33.0 Å². The molecule has 2 heterocycles. The van der Waals surface area contributed by atoms with Crippen molar-refractivity contribution in [3.63, 3.8) is 0 Å². The van der Waals surface area contributed by atoms with Gasteiger partial charge in [-0.05, 0) is 17.5 Å². The minimum absolute atomic E-state index is 0.422. The predicted octanol–water partition coefficient (Wildman–Crippen LogP) is 4.15.